The Balaban J connectivity index is 1.44. The van der Waals surface area contributed by atoms with Crippen LogP contribution in [0.5, 0.6) is 5.75 Å². The van der Waals surface area contributed by atoms with Gasteiger partial charge in [-0.1, -0.05) is 24.1 Å². The predicted octanol–water partition coefficient (Wildman–Crippen LogP) is 2.89. The third-order valence-corrected chi connectivity index (χ3v) is 5.83. The first-order chi connectivity index (χ1) is 13.6. The van der Waals surface area contributed by atoms with Crippen molar-refractivity contribution in [1.82, 2.24) is 16.0 Å². The minimum Gasteiger partial charge on any atom is -0.497 e. The smallest absolute Gasteiger partial charge is 0.223 e. The molecule has 0 aliphatic heterocycles. The zero-order valence-electron chi connectivity index (χ0n) is 16.8. The SMILES string of the molecule is CN=C(NCCc1ccc(OC)cc1Cl)NC1CCCC(C(=O)NC2CC2)C1. The highest BCUT2D eigenvalue weighted by Crippen LogP contribution is 2.27. The fourth-order valence-corrected chi connectivity index (χ4v) is 3.93. The quantitative estimate of drug-likeness (QED) is 0.480. The Morgan fingerprint density at radius 3 is 2.71 bits per heavy atom. The van der Waals surface area contributed by atoms with Crippen LogP contribution in [0, 0.1) is 5.92 Å². The van der Waals surface area contributed by atoms with Crippen LogP contribution >= 0.6 is 11.6 Å². The summed E-state index contributed by atoms with van der Waals surface area (Å²) in [6.07, 6.45) is 7.05. The Labute approximate surface area is 172 Å². The summed E-state index contributed by atoms with van der Waals surface area (Å²) in [4.78, 5) is 16.7. The number of nitrogens with zero attached hydrogens (tertiary/aromatic N) is 1. The van der Waals surface area contributed by atoms with Gasteiger partial charge in [-0.25, -0.2) is 0 Å². The van der Waals surface area contributed by atoms with Gasteiger partial charge in [-0.05, 0) is 56.2 Å². The molecule has 6 nitrogen and oxygen atoms in total. The average molecular weight is 407 g/mol. The number of methoxy groups -OCH3 is 1. The maximum absolute atomic E-state index is 12.3. The maximum Gasteiger partial charge on any atom is 0.223 e. The molecule has 1 aromatic rings. The van der Waals surface area contributed by atoms with Gasteiger partial charge in [-0.2, -0.15) is 0 Å². The molecule has 0 aromatic heterocycles. The van der Waals surface area contributed by atoms with E-state index in [0.717, 1.165) is 68.8 Å². The van der Waals surface area contributed by atoms with Gasteiger partial charge in [0.05, 0.1) is 7.11 Å². The topological polar surface area (TPSA) is 74.8 Å². The first-order valence-electron chi connectivity index (χ1n) is 10.2. The summed E-state index contributed by atoms with van der Waals surface area (Å²) in [5.41, 5.74) is 1.07. The number of hydrogen-bond donors (Lipinski definition) is 3. The van der Waals surface area contributed by atoms with Gasteiger partial charge in [0.2, 0.25) is 5.91 Å². The highest BCUT2D eigenvalue weighted by molar-refractivity contribution is 6.31. The Morgan fingerprint density at radius 1 is 1.21 bits per heavy atom. The molecule has 2 saturated carbocycles. The lowest BCUT2D eigenvalue weighted by Crippen LogP contribution is -2.47. The monoisotopic (exact) mass is 406 g/mol. The molecule has 0 heterocycles. The summed E-state index contributed by atoms with van der Waals surface area (Å²) in [7, 11) is 3.41. The summed E-state index contributed by atoms with van der Waals surface area (Å²) >= 11 is 6.31. The zero-order valence-corrected chi connectivity index (χ0v) is 17.5. The number of carbonyl (C=O) groups is 1. The van der Waals surface area contributed by atoms with E-state index in [1.54, 1.807) is 14.2 Å². The lowest BCUT2D eigenvalue weighted by Gasteiger charge is -2.30. The van der Waals surface area contributed by atoms with Crippen molar-refractivity contribution in [2.75, 3.05) is 20.7 Å². The second-order valence-electron chi connectivity index (χ2n) is 7.69. The molecule has 1 amide bonds. The van der Waals surface area contributed by atoms with Crippen LogP contribution in [0.1, 0.15) is 44.1 Å². The lowest BCUT2D eigenvalue weighted by molar-refractivity contribution is -0.126. The van der Waals surface area contributed by atoms with Crippen LogP contribution in [-0.4, -0.2) is 44.7 Å². The lowest BCUT2D eigenvalue weighted by atomic mass is 9.85. The number of guanidine groups is 1. The fraction of sp³-hybridized carbons (Fsp3) is 0.619. The predicted molar refractivity (Wildman–Crippen MR) is 113 cm³/mol. The van der Waals surface area contributed by atoms with Crippen LogP contribution in [-0.2, 0) is 11.2 Å². The average Bonchev–Trinajstić information content (AvgIpc) is 3.52. The van der Waals surface area contributed by atoms with E-state index >= 15 is 0 Å². The van der Waals surface area contributed by atoms with Crippen molar-refractivity contribution in [2.45, 2.75) is 57.0 Å². The number of ether oxygens (including phenoxy) is 1. The number of hydrogen-bond acceptors (Lipinski definition) is 3. The van der Waals surface area contributed by atoms with E-state index in [1.165, 1.54) is 0 Å². The molecule has 3 rings (SSSR count). The molecule has 3 N–H and O–H groups in total. The van der Waals surface area contributed by atoms with Crippen LogP contribution in [0.15, 0.2) is 23.2 Å². The van der Waals surface area contributed by atoms with Crippen molar-refractivity contribution in [3.8, 4) is 5.75 Å². The fourth-order valence-electron chi connectivity index (χ4n) is 3.67. The number of benzene rings is 1. The third-order valence-electron chi connectivity index (χ3n) is 5.48. The second kappa shape index (κ2) is 10.0. The first kappa shape index (κ1) is 20.8. The number of halogens is 1. The minimum atomic E-state index is 0.114. The molecule has 0 bridgehead atoms. The van der Waals surface area contributed by atoms with Crippen LogP contribution in [0.3, 0.4) is 0 Å². The minimum absolute atomic E-state index is 0.114. The molecule has 2 unspecified atom stereocenters. The van der Waals surface area contributed by atoms with E-state index in [4.69, 9.17) is 16.3 Å². The summed E-state index contributed by atoms with van der Waals surface area (Å²) in [6.45, 7) is 0.726. The standard InChI is InChI=1S/C21H31ClN4O2/c1-23-21(24-11-10-14-6-9-18(28-2)13-19(14)22)26-17-5-3-4-15(12-17)20(27)25-16-7-8-16/h6,9,13,15-17H,3-5,7-8,10-12H2,1-2H3,(H,25,27)(H2,23,24,26). The number of aliphatic imine (C=N–C) groups is 1. The van der Waals surface area contributed by atoms with Gasteiger partial charge in [0.1, 0.15) is 5.75 Å². The highest BCUT2D eigenvalue weighted by atomic mass is 35.5. The third kappa shape index (κ3) is 6.03. The number of carbonyl (C=O) groups excluding carboxylic acids is 1. The van der Waals surface area contributed by atoms with Gasteiger partial charge in [-0.15, -0.1) is 0 Å². The van der Waals surface area contributed by atoms with E-state index in [1.807, 2.05) is 18.2 Å². The molecule has 0 saturated heterocycles. The van der Waals surface area contributed by atoms with E-state index in [-0.39, 0.29) is 17.9 Å². The molecule has 0 spiro atoms. The highest BCUT2D eigenvalue weighted by Gasteiger charge is 2.31. The Kier molecular flexibility index (Phi) is 7.43. The summed E-state index contributed by atoms with van der Waals surface area (Å²) in [6, 6.07) is 6.45. The van der Waals surface area contributed by atoms with Gasteiger partial charge in [0.15, 0.2) is 5.96 Å². The molecular formula is C21H31ClN4O2. The maximum atomic E-state index is 12.3. The Hall–Kier alpha value is -1.95. The summed E-state index contributed by atoms with van der Waals surface area (Å²) < 4.78 is 5.19. The molecule has 2 fully saturated rings. The van der Waals surface area contributed by atoms with Crippen LogP contribution in [0.2, 0.25) is 5.02 Å². The van der Waals surface area contributed by atoms with Crippen LogP contribution < -0.4 is 20.7 Å². The summed E-state index contributed by atoms with van der Waals surface area (Å²) in [5, 5.41) is 10.7. The second-order valence-corrected chi connectivity index (χ2v) is 8.10. The number of amides is 1. The van der Waals surface area contributed by atoms with E-state index < -0.39 is 0 Å². The molecule has 7 heteroatoms. The normalized spacial score (nSPS) is 22.5. The van der Waals surface area contributed by atoms with E-state index in [9.17, 15) is 4.79 Å². The largest absolute Gasteiger partial charge is 0.497 e. The van der Waals surface area contributed by atoms with Crippen LogP contribution in [0.4, 0.5) is 0 Å². The van der Waals surface area contributed by atoms with Gasteiger partial charge in [-0.3, -0.25) is 9.79 Å². The van der Waals surface area contributed by atoms with Crippen molar-refractivity contribution < 1.29 is 9.53 Å². The van der Waals surface area contributed by atoms with Crippen molar-refractivity contribution >= 4 is 23.5 Å². The molecule has 2 aliphatic rings. The molecule has 1 aromatic carbocycles. The van der Waals surface area contributed by atoms with Crippen LogP contribution in [0.25, 0.3) is 0 Å². The first-order valence-corrected chi connectivity index (χ1v) is 10.6. The molecule has 154 valence electrons. The molecule has 2 aliphatic carbocycles. The molecular weight excluding hydrogens is 376 g/mol. The van der Waals surface area contributed by atoms with Crippen molar-refractivity contribution in [3.63, 3.8) is 0 Å². The molecule has 28 heavy (non-hydrogen) atoms. The molecule has 2 atom stereocenters. The number of nitrogens with one attached hydrogen (secondary N) is 3. The summed E-state index contributed by atoms with van der Waals surface area (Å²) in [5.74, 6) is 1.88. The van der Waals surface area contributed by atoms with Crippen molar-refractivity contribution in [1.29, 1.82) is 0 Å². The molecule has 0 radical (unpaired) electrons. The van der Waals surface area contributed by atoms with E-state index in [0.29, 0.717) is 11.1 Å². The van der Waals surface area contributed by atoms with Gasteiger partial charge in [0, 0.05) is 36.6 Å². The van der Waals surface area contributed by atoms with Gasteiger partial charge in [0.25, 0.3) is 0 Å². The van der Waals surface area contributed by atoms with Gasteiger partial charge < -0.3 is 20.7 Å². The number of rotatable bonds is 7. The van der Waals surface area contributed by atoms with Crippen molar-refractivity contribution in [3.05, 3.63) is 28.8 Å². The van der Waals surface area contributed by atoms with Crippen molar-refractivity contribution in [2.24, 2.45) is 10.9 Å². The Bertz CT molecular complexity index is 706. The van der Waals surface area contributed by atoms with Gasteiger partial charge >= 0.3 is 0 Å². The van der Waals surface area contributed by atoms with E-state index in [2.05, 4.69) is 20.9 Å². The zero-order chi connectivity index (χ0) is 19.9. The Morgan fingerprint density at radius 2 is 2.04 bits per heavy atom.